The first-order chi connectivity index (χ1) is 14.0. The molecule has 0 aromatic carbocycles. The van der Waals surface area contributed by atoms with Crippen LogP contribution in [0.1, 0.15) is 112 Å². The van der Waals surface area contributed by atoms with Crippen LogP contribution in [-0.2, 0) is 14.3 Å². The van der Waals surface area contributed by atoms with Crippen LogP contribution in [0.15, 0.2) is 0 Å². The zero-order chi connectivity index (χ0) is 22.8. The lowest BCUT2D eigenvalue weighted by molar-refractivity contribution is -0.176. The highest BCUT2D eigenvalue weighted by Gasteiger charge is 2.45. The molecular formula is C25H49NO4. The number of methoxy groups -OCH3 is 1. The molecule has 1 heterocycles. The number of unbranched alkanes of at least 4 members (excludes halogenated alkanes) is 5. The van der Waals surface area contributed by atoms with Crippen LogP contribution in [0.25, 0.3) is 0 Å². The maximum absolute atomic E-state index is 12.7. The quantitative estimate of drug-likeness (QED) is 0.294. The maximum Gasteiger partial charge on any atom is 0.338 e. The first-order valence-electron chi connectivity index (χ1n) is 12.2. The fraction of sp³-hybridized carbons (Fsp3) is 0.960. The number of hydrogen-bond donors (Lipinski definition) is 1. The molecule has 1 rings (SSSR count). The van der Waals surface area contributed by atoms with Gasteiger partial charge in [0.1, 0.15) is 0 Å². The molecule has 178 valence electrons. The number of piperidine rings is 1. The van der Waals surface area contributed by atoms with E-state index >= 15 is 0 Å². The molecule has 0 spiro atoms. The Bertz CT molecular complexity index is 489. The lowest BCUT2D eigenvalue weighted by Gasteiger charge is -2.54. The number of likely N-dealkylation sites (tertiary alicyclic amines) is 1. The molecule has 5 nitrogen and oxygen atoms in total. The van der Waals surface area contributed by atoms with E-state index in [9.17, 15) is 9.90 Å². The zero-order valence-electron chi connectivity index (χ0n) is 20.9. The van der Waals surface area contributed by atoms with Crippen LogP contribution in [0.5, 0.6) is 0 Å². The first-order valence-corrected chi connectivity index (χ1v) is 12.2. The highest BCUT2D eigenvalue weighted by molar-refractivity contribution is 5.79. The van der Waals surface area contributed by atoms with E-state index < -0.39 is 11.7 Å². The van der Waals surface area contributed by atoms with Crippen LogP contribution in [0, 0.1) is 0 Å². The largest absolute Gasteiger partial charge is 0.467 e. The molecule has 0 saturated carbocycles. The molecular weight excluding hydrogens is 378 g/mol. The number of hydrogen-bond acceptors (Lipinski definition) is 5. The summed E-state index contributed by atoms with van der Waals surface area (Å²) in [6.07, 6.45) is 10.6. The van der Waals surface area contributed by atoms with Crippen molar-refractivity contribution in [3.8, 4) is 0 Å². The topological polar surface area (TPSA) is 59.0 Å². The number of aliphatic hydroxyl groups excluding tert-OH is 1. The molecule has 0 aromatic rings. The molecule has 1 saturated heterocycles. The van der Waals surface area contributed by atoms with Crippen molar-refractivity contribution in [2.24, 2.45) is 0 Å². The SMILES string of the molecule is CCCCCCCCOC(CC)(CC(O)CN1C(C)(C)CCCC1(C)C)C(=O)OC. The normalized spacial score (nSPS) is 21.7. The van der Waals surface area contributed by atoms with E-state index in [0.29, 0.717) is 19.6 Å². The Morgan fingerprint density at radius 1 is 1.03 bits per heavy atom. The molecule has 0 bridgehead atoms. The molecule has 2 atom stereocenters. The van der Waals surface area contributed by atoms with Crippen LogP contribution in [0.2, 0.25) is 0 Å². The summed E-state index contributed by atoms with van der Waals surface area (Å²) in [4.78, 5) is 15.1. The summed E-state index contributed by atoms with van der Waals surface area (Å²) in [5.74, 6) is -0.368. The van der Waals surface area contributed by atoms with Crippen LogP contribution in [0.4, 0.5) is 0 Å². The van der Waals surface area contributed by atoms with Gasteiger partial charge in [-0.05, 0) is 59.8 Å². The minimum atomic E-state index is -1.07. The van der Waals surface area contributed by atoms with Gasteiger partial charge in [0.05, 0.1) is 13.2 Å². The second kappa shape index (κ2) is 12.4. The Morgan fingerprint density at radius 2 is 1.60 bits per heavy atom. The molecule has 0 aliphatic carbocycles. The predicted molar refractivity (Wildman–Crippen MR) is 124 cm³/mol. The standard InChI is InChI=1S/C25H49NO4/c1-8-10-11-12-13-14-18-30-25(9-2,22(28)29-7)19-21(27)20-26-23(3,4)16-15-17-24(26,5)6/h21,27H,8-20H2,1-7H3. The van der Waals surface area contributed by atoms with Crippen molar-refractivity contribution in [1.29, 1.82) is 0 Å². The van der Waals surface area contributed by atoms with E-state index in [4.69, 9.17) is 9.47 Å². The van der Waals surface area contributed by atoms with Crippen molar-refractivity contribution in [2.45, 2.75) is 135 Å². The van der Waals surface area contributed by atoms with E-state index in [1.807, 2.05) is 6.92 Å². The summed E-state index contributed by atoms with van der Waals surface area (Å²) in [5, 5.41) is 11.0. The Balaban J connectivity index is 2.75. The molecule has 0 aromatic heterocycles. The third-order valence-corrected chi connectivity index (χ3v) is 7.00. The highest BCUT2D eigenvalue weighted by atomic mass is 16.6. The molecule has 5 heteroatoms. The molecule has 30 heavy (non-hydrogen) atoms. The second-order valence-corrected chi connectivity index (χ2v) is 10.4. The molecule has 1 N–H and O–H groups in total. The lowest BCUT2D eigenvalue weighted by Crippen LogP contribution is -2.61. The number of ether oxygens (including phenoxy) is 2. The number of carbonyl (C=O) groups excluding carboxylic acids is 1. The zero-order valence-corrected chi connectivity index (χ0v) is 20.9. The lowest BCUT2D eigenvalue weighted by atomic mass is 9.79. The summed E-state index contributed by atoms with van der Waals surface area (Å²) in [5.41, 5.74) is -1.01. The number of nitrogens with zero attached hydrogens (tertiary/aromatic N) is 1. The number of aliphatic hydroxyl groups is 1. The maximum atomic E-state index is 12.7. The third kappa shape index (κ3) is 7.80. The van der Waals surface area contributed by atoms with Crippen molar-refractivity contribution in [3.05, 3.63) is 0 Å². The van der Waals surface area contributed by atoms with Gasteiger partial charge < -0.3 is 14.6 Å². The van der Waals surface area contributed by atoms with E-state index in [1.54, 1.807) is 0 Å². The molecule has 0 radical (unpaired) electrons. The monoisotopic (exact) mass is 427 g/mol. The predicted octanol–water partition coefficient (Wildman–Crippen LogP) is 5.48. The fourth-order valence-corrected chi connectivity index (χ4v) is 5.12. The van der Waals surface area contributed by atoms with Gasteiger partial charge in [-0.3, -0.25) is 4.90 Å². The van der Waals surface area contributed by atoms with Crippen LogP contribution in [0.3, 0.4) is 0 Å². The summed E-state index contributed by atoms with van der Waals surface area (Å²) >= 11 is 0. The van der Waals surface area contributed by atoms with Gasteiger partial charge in [0.15, 0.2) is 5.60 Å². The Kier molecular flexibility index (Phi) is 11.3. The van der Waals surface area contributed by atoms with Gasteiger partial charge in [0.25, 0.3) is 0 Å². The van der Waals surface area contributed by atoms with Crippen molar-refractivity contribution < 1.29 is 19.4 Å². The molecule has 0 amide bonds. The summed E-state index contributed by atoms with van der Waals surface area (Å²) in [6.45, 7) is 14.2. The smallest absolute Gasteiger partial charge is 0.338 e. The van der Waals surface area contributed by atoms with Gasteiger partial charge in [-0.25, -0.2) is 4.79 Å². The van der Waals surface area contributed by atoms with Crippen molar-refractivity contribution in [3.63, 3.8) is 0 Å². The Morgan fingerprint density at radius 3 is 2.13 bits per heavy atom. The van der Waals surface area contributed by atoms with Gasteiger partial charge >= 0.3 is 5.97 Å². The summed E-state index contributed by atoms with van der Waals surface area (Å²) in [6, 6.07) is 0. The van der Waals surface area contributed by atoms with E-state index in [-0.39, 0.29) is 23.5 Å². The van der Waals surface area contributed by atoms with Crippen LogP contribution in [-0.4, -0.2) is 59.0 Å². The molecule has 2 unspecified atom stereocenters. The minimum absolute atomic E-state index is 0.0300. The van der Waals surface area contributed by atoms with Crippen molar-refractivity contribution >= 4 is 5.97 Å². The van der Waals surface area contributed by atoms with E-state index in [0.717, 1.165) is 25.7 Å². The number of esters is 1. The number of rotatable bonds is 14. The van der Waals surface area contributed by atoms with Gasteiger partial charge in [-0.2, -0.15) is 0 Å². The minimum Gasteiger partial charge on any atom is -0.467 e. The second-order valence-electron chi connectivity index (χ2n) is 10.4. The Labute approximate surface area is 185 Å². The molecule has 1 aliphatic heterocycles. The third-order valence-electron chi connectivity index (χ3n) is 7.00. The fourth-order valence-electron chi connectivity index (χ4n) is 5.12. The average Bonchev–Trinajstić information content (AvgIpc) is 2.68. The molecule has 1 aliphatic rings. The highest BCUT2D eigenvalue weighted by Crippen LogP contribution is 2.39. The van der Waals surface area contributed by atoms with Crippen LogP contribution >= 0.6 is 0 Å². The number of β-amino-alcohol motifs (C(OH)–C–C–N with tert-alkyl or cyclic N) is 1. The number of carbonyl (C=O) groups is 1. The van der Waals surface area contributed by atoms with Gasteiger partial charge in [0.2, 0.25) is 0 Å². The summed E-state index contributed by atoms with van der Waals surface area (Å²) in [7, 11) is 1.41. The van der Waals surface area contributed by atoms with Gasteiger partial charge in [-0.15, -0.1) is 0 Å². The van der Waals surface area contributed by atoms with Crippen molar-refractivity contribution in [1.82, 2.24) is 4.90 Å². The van der Waals surface area contributed by atoms with Crippen molar-refractivity contribution in [2.75, 3.05) is 20.3 Å². The van der Waals surface area contributed by atoms with E-state index in [2.05, 4.69) is 39.5 Å². The first kappa shape index (κ1) is 27.4. The van der Waals surface area contributed by atoms with Gasteiger partial charge in [0, 0.05) is 30.7 Å². The average molecular weight is 428 g/mol. The van der Waals surface area contributed by atoms with Gasteiger partial charge in [-0.1, -0.05) is 46.0 Å². The van der Waals surface area contributed by atoms with E-state index in [1.165, 1.54) is 39.2 Å². The van der Waals surface area contributed by atoms with Crippen LogP contribution < -0.4 is 0 Å². The Hall–Kier alpha value is -0.650. The molecule has 1 fully saturated rings. The summed E-state index contributed by atoms with van der Waals surface area (Å²) < 4.78 is 11.2.